The Balaban J connectivity index is 2.19. The summed E-state index contributed by atoms with van der Waals surface area (Å²) in [5, 5.41) is 3.46. The molecule has 1 N–H and O–H groups in total. The van der Waals surface area contributed by atoms with E-state index in [4.69, 9.17) is 0 Å². The second-order valence-corrected chi connectivity index (χ2v) is 8.28. The van der Waals surface area contributed by atoms with Gasteiger partial charge < -0.3 is 5.32 Å². The van der Waals surface area contributed by atoms with Gasteiger partial charge in [-0.3, -0.25) is 0 Å². The molecule has 1 atom stereocenters. The zero-order valence-corrected chi connectivity index (χ0v) is 14.6. The van der Waals surface area contributed by atoms with Gasteiger partial charge in [0.2, 0.25) is 0 Å². The fourth-order valence-corrected chi connectivity index (χ4v) is 4.66. The van der Waals surface area contributed by atoms with E-state index in [0.29, 0.717) is 0 Å². The zero-order chi connectivity index (χ0) is 12.7. The predicted octanol–water partition coefficient (Wildman–Crippen LogP) is 5.23. The number of hydrogen-bond donors (Lipinski definition) is 1. The Hall–Kier alpha value is 0.620. The lowest BCUT2D eigenvalue weighted by molar-refractivity contribution is 0.470. The second-order valence-electron chi connectivity index (χ2n) is 4.53. The minimum absolute atomic E-state index is 0.796. The van der Waals surface area contributed by atoms with Crippen LogP contribution in [0.3, 0.4) is 0 Å². The van der Waals surface area contributed by atoms with E-state index in [1.807, 2.05) is 0 Å². The molecule has 0 aliphatic heterocycles. The third kappa shape index (κ3) is 6.37. The highest BCUT2D eigenvalue weighted by Crippen LogP contribution is 2.33. The first-order valence-electron chi connectivity index (χ1n) is 6.28. The number of nitrogens with one attached hydrogen (secondary N) is 1. The number of rotatable bonds is 8. The van der Waals surface area contributed by atoms with Crippen molar-refractivity contribution in [2.75, 3.05) is 13.1 Å². The molecule has 1 aromatic rings. The van der Waals surface area contributed by atoms with E-state index in [1.54, 1.807) is 11.3 Å². The van der Waals surface area contributed by atoms with Crippen LogP contribution in [0.25, 0.3) is 0 Å². The van der Waals surface area contributed by atoms with Crippen LogP contribution in [0.15, 0.2) is 13.6 Å². The topological polar surface area (TPSA) is 12.0 Å². The molecule has 0 aliphatic rings. The normalized spacial score (nSPS) is 12.9. The molecule has 0 aromatic carbocycles. The summed E-state index contributed by atoms with van der Waals surface area (Å²) in [5.74, 6) is 0.796. The largest absolute Gasteiger partial charge is 0.317 e. The lowest BCUT2D eigenvalue weighted by Gasteiger charge is -2.11. The maximum atomic E-state index is 3.62. The standard InChI is InChI=1S/C13H21Br2NS/c1-3-7-16-8-6-10(2)4-5-11-9-12(14)17-13(11)15/h9-10,16H,3-8H2,1-2H3. The highest BCUT2D eigenvalue weighted by atomic mass is 79.9. The minimum Gasteiger partial charge on any atom is -0.317 e. The summed E-state index contributed by atoms with van der Waals surface area (Å²) in [6, 6.07) is 2.23. The van der Waals surface area contributed by atoms with Gasteiger partial charge in [0.15, 0.2) is 0 Å². The Kier molecular flexibility index (Phi) is 8.00. The van der Waals surface area contributed by atoms with Crippen LogP contribution in [-0.2, 0) is 6.42 Å². The van der Waals surface area contributed by atoms with E-state index in [2.05, 4.69) is 57.1 Å². The summed E-state index contributed by atoms with van der Waals surface area (Å²) in [6.07, 6.45) is 4.96. The molecule has 0 bridgehead atoms. The SMILES string of the molecule is CCCNCCC(C)CCc1cc(Br)sc1Br. The van der Waals surface area contributed by atoms with Gasteiger partial charge in [-0.05, 0) is 88.2 Å². The van der Waals surface area contributed by atoms with Crippen LogP contribution in [0.1, 0.15) is 38.7 Å². The van der Waals surface area contributed by atoms with E-state index in [1.165, 1.54) is 38.8 Å². The maximum absolute atomic E-state index is 3.62. The van der Waals surface area contributed by atoms with E-state index in [9.17, 15) is 0 Å². The van der Waals surface area contributed by atoms with Crippen molar-refractivity contribution in [3.8, 4) is 0 Å². The van der Waals surface area contributed by atoms with Crippen molar-refractivity contribution in [1.82, 2.24) is 5.32 Å². The molecule has 4 heteroatoms. The van der Waals surface area contributed by atoms with Crippen LogP contribution in [0, 0.1) is 5.92 Å². The van der Waals surface area contributed by atoms with Gasteiger partial charge in [0.25, 0.3) is 0 Å². The number of thiophene rings is 1. The summed E-state index contributed by atoms with van der Waals surface area (Å²) < 4.78 is 2.50. The van der Waals surface area contributed by atoms with Crippen molar-refractivity contribution in [2.24, 2.45) is 5.92 Å². The van der Waals surface area contributed by atoms with E-state index >= 15 is 0 Å². The van der Waals surface area contributed by atoms with E-state index < -0.39 is 0 Å². The Labute approximate surface area is 126 Å². The van der Waals surface area contributed by atoms with Crippen LogP contribution in [-0.4, -0.2) is 13.1 Å². The lowest BCUT2D eigenvalue weighted by Crippen LogP contribution is -2.18. The summed E-state index contributed by atoms with van der Waals surface area (Å²) in [4.78, 5) is 0. The Bertz CT molecular complexity index is 325. The molecule has 0 saturated carbocycles. The van der Waals surface area contributed by atoms with Gasteiger partial charge >= 0.3 is 0 Å². The third-order valence-electron chi connectivity index (χ3n) is 2.87. The fraction of sp³-hybridized carbons (Fsp3) is 0.692. The van der Waals surface area contributed by atoms with Crippen molar-refractivity contribution in [3.05, 3.63) is 19.2 Å². The molecule has 1 nitrogen and oxygen atoms in total. The van der Waals surface area contributed by atoms with Crippen LogP contribution in [0.4, 0.5) is 0 Å². The quantitative estimate of drug-likeness (QED) is 0.606. The van der Waals surface area contributed by atoms with Gasteiger partial charge in [0, 0.05) is 0 Å². The molecule has 1 heterocycles. The van der Waals surface area contributed by atoms with Crippen LogP contribution in [0.5, 0.6) is 0 Å². The van der Waals surface area contributed by atoms with E-state index in [-0.39, 0.29) is 0 Å². The molecule has 1 rings (SSSR count). The first kappa shape index (κ1) is 15.7. The van der Waals surface area contributed by atoms with Gasteiger partial charge in [-0.2, -0.15) is 0 Å². The molecule has 0 radical (unpaired) electrons. The van der Waals surface area contributed by atoms with Gasteiger partial charge in [-0.15, -0.1) is 11.3 Å². The molecule has 0 aliphatic carbocycles. The zero-order valence-electron chi connectivity index (χ0n) is 10.6. The third-order valence-corrected chi connectivity index (χ3v) is 5.34. The number of aryl methyl sites for hydroxylation is 1. The smallest absolute Gasteiger partial charge is 0.0742 e. The molecule has 98 valence electrons. The summed E-state index contributed by atoms with van der Waals surface area (Å²) in [7, 11) is 0. The summed E-state index contributed by atoms with van der Waals surface area (Å²) in [5.41, 5.74) is 1.44. The predicted molar refractivity (Wildman–Crippen MR) is 85.0 cm³/mol. The van der Waals surface area contributed by atoms with Gasteiger partial charge in [0.1, 0.15) is 0 Å². The van der Waals surface area contributed by atoms with Crippen molar-refractivity contribution in [2.45, 2.75) is 39.5 Å². The van der Waals surface area contributed by atoms with E-state index in [0.717, 1.165) is 19.0 Å². The highest BCUT2D eigenvalue weighted by Gasteiger charge is 2.07. The molecular weight excluding hydrogens is 362 g/mol. The Morgan fingerprint density at radius 2 is 2.06 bits per heavy atom. The van der Waals surface area contributed by atoms with Gasteiger partial charge in [0.05, 0.1) is 7.57 Å². The van der Waals surface area contributed by atoms with Gasteiger partial charge in [-0.25, -0.2) is 0 Å². The van der Waals surface area contributed by atoms with Crippen molar-refractivity contribution in [1.29, 1.82) is 0 Å². The second kappa shape index (κ2) is 8.68. The lowest BCUT2D eigenvalue weighted by atomic mass is 9.99. The summed E-state index contributed by atoms with van der Waals surface area (Å²) in [6.45, 7) is 6.87. The molecule has 0 saturated heterocycles. The van der Waals surface area contributed by atoms with Crippen LogP contribution in [0.2, 0.25) is 0 Å². The van der Waals surface area contributed by atoms with Crippen LogP contribution < -0.4 is 5.32 Å². The fourth-order valence-electron chi connectivity index (χ4n) is 1.74. The van der Waals surface area contributed by atoms with Gasteiger partial charge in [-0.1, -0.05) is 13.8 Å². The molecule has 0 amide bonds. The summed E-state index contributed by atoms with van der Waals surface area (Å²) >= 11 is 8.91. The highest BCUT2D eigenvalue weighted by molar-refractivity contribution is 9.12. The number of hydrogen-bond acceptors (Lipinski definition) is 2. The molecule has 1 unspecified atom stereocenters. The molecule has 0 fully saturated rings. The minimum atomic E-state index is 0.796. The first-order chi connectivity index (χ1) is 8.13. The average Bonchev–Trinajstić information content (AvgIpc) is 2.61. The van der Waals surface area contributed by atoms with Crippen molar-refractivity contribution >= 4 is 43.2 Å². The Morgan fingerprint density at radius 1 is 1.29 bits per heavy atom. The molecule has 17 heavy (non-hydrogen) atoms. The van der Waals surface area contributed by atoms with Crippen molar-refractivity contribution in [3.63, 3.8) is 0 Å². The monoisotopic (exact) mass is 381 g/mol. The van der Waals surface area contributed by atoms with Crippen molar-refractivity contribution < 1.29 is 0 Å². The average molecular weight is 383 g/mol. The molecular formula is C13H21Br2NS. The number of halogens is 2. The molecule has 1 aromatic heterocycles. The first-order valence-corrected chi connectivity index (χ1v) is 8.68. The molecule has 0 spiro atoms. The van der Waals surface area contributed by atoms with Crippen LogP contribution >= 0.6 is 43.2 Å². The Morgan fingerprint density at radius 3 is 2.65 bits per heavy atom. The maximum Gasteiger partial charge on any atom is 0.0742 e.